The summed E-state index contributed by atoms with van der Waals surface area (Å²) in [5, 5.41) is 15.1. The van der Waals surface area contributed by atoms with Gasteiger partial charge in [-0.25, -0.2) is 0 Å². The summed E-state index contributed by atoms with van der Waals surface area (Å²) in [5.74, 6) is 3.01. The van der Waals surface area contributed by atoms with Gasteiger partial charge in [0, 0.05) is 19.8 Å². The van der Waals surface area contributed by atoms with Gasteiger partial charge in [-0.1, -0.05) is 36.4 Å². The van der Waals surface area contributed by atoms with Crippen LogP contribution in [0, 0.1) is 5.92 Å². The molecule has 6 heteroatoms. The second kappa shape index (κ2) is 6.93. The number of fused-ring (bicyclic) bond motifs is 1. The van der Waals surface area contributed by atoms with E-state index in [-0.39, 0.29) is 0 Å². The summed E-state index contributed by atoms with van der Waals surface area (Å²) in [6, 6.07) is 16.6. The van der Waals surface area contributed by atoms with E-state index in [0.29, 0.717) is 18.4 Å². The van der Waals surface area contributed by atoms with Crippen molar-refractivity contribution >= 4 is 11.6 Å². The summed E-state index contributed by atoms with van der Waals surface area (Å²) in [6.07, 6.45) is 3.21. The van der Waals surface area contributed by atoms with Gasteiger partial charge in [0.2, 0.25) is 0 Å². The Balaban J connectivity index is 1.29. The highest BCUT2D eigenvalue weighted by Gasteiger charge is 2.37. The number of rotatable bonds is 5. The molecule has 0 radical (unpaired) electrons. The highest BCUT2D eigenvalue weighted by atomic mass is 15.3. The fourth-order valence-electron chi connectivity index (χ4n) is 3.20. The van der Waals surface area contributed by atoms with Crippen molar-refractivity contribution in [3.8, 4) is 0 Å². The Bertz CT molecular complexity index is 870. The van der Waals surface area contributed by atoms with Crippen LogP contribution in [-0.4, -0.2) is 34.2 Å². The maximum absolute atomic E-state index is 4.30. The van der Waals surface area contributed by atoms with E-state index in [4.69, 9.17) is 0 Å². The number of pyridine rings is 1. The molecule has 2 heterocycles. The van der Waals surface area contributed by atoms with Crippen LogP contribution in [-0.2, 0) is 6.54 Å². The molecule has 1 saturated carbocycles. The van der Waals surface area contributed by atoms with Crippen molar-refractivity contribution in [1.82, 2.24) is 25.2 Å². The molecule has 0 saturated heterocycles. The molecule has 1 aliphatic rings. The smallest absolute Gasteiger partial charge is 0.191 e. The molecule has 0 bridgehead atoms. The van der Waals surface area contributed by atoms with Gasteiger partial charge in [0.25, 0.3) is 0 Å². The first-order chi connectivity index (χ1) is 12.3. The maximum Gasteiger partial charge on any atom is 0.191 e. The minimum atomic E-state index is 0.581. The van der Waals surface area contributed by atoms with Gasteiger partial charge in [-0.2, -0.15) is 0 Å². The summed E-state index contributed by atoms with van der Waals surface area (Å²) < 4.78 is 1.98. The number of aliphatic imine (C=N–C) groups is 1. The number of hydrogen-bond donors (Lipinski definition) is 2. The van der Waals surface area contributed by atoms with Gasteiger partial charge in [0.15, 0.2) is 17.4 Å². The lowest BCUT2D eigenvalue weighted by Crippen LogP contribution is -2.38. The largest absolute Gasteiger partial charge is 0.356 e. The third-order valence-corrected chi connectivity index (χ3v) is 4.70. The van der Waals surface area contributed by atoms with E-state index >= 15 is 0 Å². The van der Waals surface area contributed by atoms with Crippen LogP contribution in [0.1, 0.15) is 23.7 Å². The fourth-order valence-corrected chi connectivity index (χ4v) is 3.20. The lowest BCUT2D eigenvalue weighted by molar-refractivity contribution is 0.708. The van der Waals surface area contributed by atoms with Gasteiger partial charge in [-0.3, -0.25) is 9.39 Å². The van der Waals surface area contributed by atoms with Crippen LogP contribution in [0.2, 0.25) is 0 Å². The second-order valence-electron chi connectivity index (χ2n) is 6.36. The summed E-state index contributed by atoms with van der Waals surface area (Å²) >= 11 is 0. The van der Waals surface area contributed by atoms with Gasteiger partial charge in [0.05, 0.1) is 6.54 Å². The number of nitrogens with one attached hydrogen (secondary N) is 2. The predicted octanol–water partition coefficient (Wildman–Crippen LogP) is 2.20. The van der Waals surface area contributed by atoms with Crippen molar-refractivity contribution in [3.63, 3.8) is 0 Å². The van der Waals surface area contributed by atoms with Crippen LogP contribution in [0.15, 0.2) is 59.7 Å². The Labute approximate surface area is 147 Å². The molecule has 1 aromatic carbocycles. The zero-order chi connectivity index (χ0) is 17.1. The highest BCUT2D eigenvalue weighted by Crippen LogP contribution is 2.46. The van der Waals surface area contributed by atoms with E-state index in [1.165, 1.54) is 12.0 Å². The van der Waals surface area contributed by atoms with Crippen LogP contribution in [0.25, 0.3) is 5.65 Å². The number of hydrogen-bond acceptors (Lipinski definition) is 3. The number of guanidine groups is 1. The Kier molecular flexibility index (Phi) is 4.33. The van der Waals surface area contributed by atoms with Crippen molar-refractivity contribution in [3.05, 3.63) is 66.1 Å². The van der Waals surface area contributed by atoms with Crippen molar-refractivity contribution in [2.75, 3.05) is 13.6 Å². The Morgan fingerprint density at radius 1 is 1.12 bits per heavy atom. The molecular weight excluding hydrogens is 312 g/mol. The van der Waals surface area contributed by atoms with Crippen LogP contribution in [0.3, 0.4) is 0 Å². The molecule has 128 valence electrons. The average molecular weight is 334 g/mol. The van der Waals surface area contributed by atoms with Crippen LogP contribution in [0.4, 0.5) is 0 Å². The van der Waals surface area contributed by atoms with E-state index in [0.717, 1.165) is 24.0 Å². The molecule has 0 spiro atoms. The van der Waals surface area contributed by atoms with Crippen LogP contribution < -0.4 is 10.6 Å². The molecule has 4 rings (SSSR count). The molecule has 1 aliphatic carbocycles. The molecule has 2 unspecified atom stereocenters. The normalized spacial score (nSPS) is 19.8. The number of nitrogens with zero attached hydrogens (tertiary/aromatic N) is 4. The van der Waals surface area contributed by atoms with E-state index in [1.807, 2.05) is 28.8 Å². The van der Waals surface area contributed by atoms with Crippen LogP contribution >= 0.6 is 0 Å². The van der Waals surface area contributed by atoms with E-state index in [1.54, 1.807) is 7.05 Å². The molecule has 25 heavy (non-hydrogen) atoms. The first kappa shape index (κ1) is 15.6. The van der Waals surface area contributed by atoms with Gasteiger partial charge >= 0.3 is 0 Å². The zero-order valence-corrected chi connectivity index (χ0v) is 14.3. The molecule has 1 fully saturated rings. The Morgan fingerprint density at radius 2 is 1.96 bits per heavy atom. The summed E-state index contributed by atoms with van der Waals surface area (Å²) in [7, 11) is 1.79. The number of aromatic nitrogens is 3. The van der Waals surface area contributed by atoms with Gasteiger partial charge in [-0.15, -0.1) is 10.2 Å². The standard InChI is InChI=1S/C19H22N6/c1-20-19(21-12-15-11-16(15)14-7-3-2-4-8-14)22-13-18-24-23-17-9-5-6-10-25(17)18/h2-10,15-16H,11-13H2,1H3,(H2,20,21,22). The molecule has 2 atom stereocenters. The van der Waals surface area contributed by atoms with Crippen molar-refractivity contribution < 1.29 is 0 Å². The molecule has 0 aliphatic heterocycles. The minimum absolute atomic E-state index is 0.581. The first-order valence-corrected chi connectivity index (χ1v) is 8.63. The predicted molar refractivity (Wildman–Crippen MR) is 98.5 cm³/mol. The summed E-state index contributed by atoms with van der Waals surface area (Å²) in [5.41, 5.74) is 2.29. The quantitative estimate of drug-likeness (QED) is 0.554. The third-order valence-electron chi connectivity index (χ3n) is 4.70. The third kappa shape index (κ3) is 3.47. The summed E-state index contributed by atoms with van der Waals surface area (Å²) in [6.45, 7) is 1.51. The number of benzene rings is 1. The monoisotopic (exact) mass is 334 g/mol. The summed E-state index contributed by atoms with van der Waals surface area (Å²) in [4.78, 5) is 4.30. The van der Waals surface area contributed by atoms with E-state index in [2.05, 4.69) is 56.2 Å². The fraction of sp³-hybridized carbons (Fsp3) is 0.316. The van der Waals surface area contributed by atoms with E-state index in [9.17, 15) is 0 Å². The van der Waals surface area contributed by atoms with Gasteiger partial charge in [-0.05, 0) is 36.0 Å². The average Bonchev–Trinajstić information content (AvgIpc) is 3.34. The Hall–Kier alpha value is -2.89. The maximum atomic E-state index is 4.30. The second-order valence-corrected chi connectivity index (χ2v) is 6.36. The van der Waals surface area contributed by atoms with Crippen molar-refractivity contribution in [1.29, 1.82) is 0 Å². The van der Waals surface area contributed by atoms with Crippen molar-refractivity contribution in [2.24, 2.45) is 10.9 Å². The lowest BCUT2D eigenvalue weighted by atomic mass is 10.1. The van der Waals surface area contributed by atoms with Crippen molar-refractivity contribution in [2.45, 2.75) is 18.9 Å². The first-order valence-electron chi connectivity index (χ1n) is 8.63. The zero-order valence-electron chi connectivity index (χ0n) is 14.3. The molecule has 6 nitrogen and oxygen atoms in total. The molecule has 3 aromatic rings. The minimum Gasteiger partial charge on any atom is -0.356 e. The molecular formula is C19H22N6. The van der Waals surface area contributed by atoms with Crippen LogP contribution in [0.5, 0.6) is 0 Å². The highest BCUT2D eigenvalue weighted by molar-refractivity contribution is 5.79. The Morgan fingerprint density at radius 3 is 2.80 bits per heavy atom. The molecule has 0 amide bonds. The molecule has 2 aromatic heterocycles. The van der Waals surface area contributed by atoms with Gasteiger partial charge < -0.3 is 10.6 Å². The van der Waals surface area contributed by atoms with Gasteiger partial charge in [0.1, 0.15) is 0 Å². The van der Waals surface area contributed by atoms with E-state index < -0.39 is 0 Å². The molecule has 2 N–H and O–H groups in total. The lowest BCUT2D eigenvalue weighted by Gasteiger charge is -2.11. The SMILES string of the molecule is CN=C(NCc1nnc2ccccn12)NCC1CC1c1ccccc1. The topological polar surface area (TPSA) is 66.6 Å².